The average Bonchev–Trinajstić information content (AvgIpc) is 2.39. The van der Waals surface area contributed by atoms with Crippen molar-refractivity contribution in [2.24, 2.45) is 0 Å². The van der Waals surface area contributed by atoms with Crippen molar-refractivity contribution < 1.29 is 27.3 Å². The maximum absolute atomic E-state index is 10.8. The van der Waals surface area contributed by atoms with Crippen LogP contribution in [-0.2, 0) is 17.1 Å². The molecule has 0 saturated carbocycles. The van der Waals surface area contributed by atoms with Gasteiger partial charge in [0.2, 0.25) is 0 Å². The molecule has 5 heteroatoms. The van der Waals surface area contributed by atoms with Gasteiger partial charge in [0.25, 0.3) is 0 Å². The molecule has 0 amide bonds. The molecule has 23 heavy (non-hydrogen) atoms. The van der Waals surface area contributed by atoms with Crippen LogP contribution in [0.1, 0.15) is 13.8 Å². The molecule has 0 aromatic rings. The molecule has 1 radical (unpaired) electrons. The van der Waals surface area contributed by atoms with Crippen molar-refractivity contribution in [3.05, 3.63) is 50.6 Å². The van der Waals surface area contributed by atoms with E-state index in [2.05, 4.69) is 26.3 Å². The van der Waals surface area contributed by atoms with E-state index in [1.807, 2.05) is 9.80 Å². The van der Waals surface area contributed by atoms with Gasteiger partial charge in [0.1, 0.15) is 0 Å². The summed E-state index contributed by atoms with van der Waals surface area (Å²) in [6.07, 6.45) is 6.12. The minimum Gasteiger partial charge on any atom is -0.851 e. The second-order valence-electron chi connectivity index (χ2n) is 5.21. The summed E-state index contributed by atoms with van der Waals surface area (Å²) in [7, 11) is 0. The van der Waals surface area contributed by atoms with Gasteiger partial charge in [-0.2, -0.15) is 0 Å². The first kappa shape index (κ1) is 27.2. The number of hydrogen-bond acceptors (Lipinski definition) is 4. The van der Waals surface area contributed by atoms with Crippen LogP contribution in [0.3, 0.4) is 0 Å². The summed E-state index contributed by atoms with van der Waals surface area (Å²) >= 11 is 0. The van der Waals surface area contributed by atoms with E-state index < -0.39 is 12.2 Å². The van der Waals surface area contributed by atoms with Gasteiger partial charge in [-0.3, -0.25) is 9.80 Å². The maximum Gasteiger partial charge on any atom is 2.00 e. The van der Waals surface area contributed by atoms with Crippen molar-refractivity contribution in [3.8, 4) is 0 Å². The van der Waals surface area contributed by atoms with Crippen LogP contribution in [0.5, 0.6) is 0 Å². The summed E-state index contributed by atoms with van der Waals surface area (Å²) < 4.78 is 0. The second kappa shape index (κ2) is 19.4. The second-order valence-corrected chi connectivity index (χ2v) is 5.21. The molecule has 4 nitrogen and oxygen atoms in total. The molecule has 137 valence electrons. The maximum atomic E-state index is 10.8. The Hall–Kier alpha value is -0.681. The summed E-state index contributed by atoms with van der Waals surface area (Å²) in [6.45, 7) is 22.0. The molecular weight excluding hydrogens is 340 g/mol. The molecule has 0 aromatic heterocycles. The van der Waals surface area contributed by atoms with Gasteiger partial charge in [-0.25, -0.2) is 0 Å². The van der Waals surface area contributed by atoms with Gasteiger partial charge in [0, 0.05) is 26.2 Å². The Bertz CT molecular complexity index is 257. The Balaban J connectivity index is -0.000000333. The molecule has 0 bridgehead atoms. The predicted molar refractivity (Wildman–Crippen MR) is 92.6 cm³/mol. The monoisotopic (exact) mass is 371 g/mol. The molecule has 0 aliphatic rings. The molecule has 0 heterocycles. The smallest absolute Gasteiger partial charge is 0.851 e. The Morgan fingerprint density at radius 3 is 1.04 bits per heavy atom. The van der Waals surface area contributed by atoms with Gasteiger partial charge in [-0.15, -0.1) is 38.5 Å². The van der Waals surface area contributed by atoms with Crippen molar-refractivity contribution in [2.75, 3.05) is 39.3 Å². The number of rotatable bonds is 12. The van der Waals surface area contributed by atoms with Gasteiger partial charge >= 0.3 is 17.1 Å². The van der Waals surface area contributed by atoms with Crippen LogP contribution in [0.15, 0.2) is 50.6 Å². The molecule has 2 unspecified atom stereocenters. The summed E-state index contributed by atoms with van der Waals surface area (Å²) in [4.78, 5) is 4.02. The van der Waals surface area contributed by atoms with Crippen LogP contribution in [0, 0.1) is 0 Å². The van der Waals surface area contributed by atoms with E-state index in [0.29, 0.717) is 13.1 Å². The van der Waals surface area contributed by atoms with Gasteiger partial charge in [0.15, 0.2) is 0 Å². The standard InChI is InChI=1S/2C9H16NO.Cu/c2*1-4-6-10(7-5-2)8-9(3)11;/h2*4-5,9H,1-2,6-8H2,3H3;/q2*-1;+2. The Morgan fingerprint density at radius 2 is 0.913 bits per heavy atom. The van der Waals surface area contributed by atoms with E-state index in [1.165, 1.54) is 0 Å². The summed E-state index contributed by atoms with van der Waals surface area (Å²) in [5, 5.41) is 21.6. The fourth-order valence-electron chi connectivity index (χ4n) is 1.90. The molecule has 0 fully saturated rings. The first-order valence-corrected chi connectivity index (χ1v) is 7.61. The Morgan fingerprint density at radius 1 is 0.696 bits per heavy atom. The minimum absolute atomic E-state index is 0. The fraction of sp³-hybridized carbons (Fsp3) is 0.556. The largest absolute Gasteiger partial charge is 2.00 e. The van der Waals surface area contributed by atoms with Crippen molar-refractivity contribution in [1.29, 1.82) is 0 Å². The zero-order chi connectivity index (χ0) is 17.4. The SMILES string of the molecule is C=CCN(CC=C)CC(C)[O-].C=CCN(CC=C)CC(C)[O-].[Cu+2]. The molecule has 0 rings (SSSR count). The molecule has 0 spiro atoms. The van der Waals surface area contributed by atoms with E-state index in [1.54, 1.807) is 38.2 Å². The van der Waals surface area contributed by atoms with E-state index in [0.717, 1.165) is 26.2 Å². The number of hydrogen-bond donors (Lipinski definition) is 0. The third-order valence-electron chi connectivity index (χ3n) is 2.58. The van der Waals surface area contributed by atoms with Crippen LogP contribution in [-0.4, -0.2) is 61.3 Å². The van der Waals surface area contributed by atoms with Crippen LogP contribution in [0.4, 0.5) is 0 Å². The fourth-order valence-corrected chi connectivity index (χ4v) is 1.90. The van der Waals surface area contributed by atoms with Crippen LogP contribution >= 0.6 is 0 Å². The molecule has 0 aliphatic carbocycles. The van der Waals surface area contributed by atoms with E-state index in [9.17, 15) is 10.2 Å². The van der Waals surface area contributed by atoms with E-state index in [4.69, 9.17) is 0 Å². The Kier molecular flexibility index (Phi) is 22.9. The van der Waals surface area contributed by atoms with E-state index >= 15 is 0 Å². The molecule has 0 N–H and O–H groups in total. The first-order chi connectivity index (χ1) is 10.4. The van der Waals surface area contributed by atoms with Gasteiger partial charge < -0.3 is 10.2 Å². The number of nitrogens with zero attached hydrogens (tertiary/aromatic N) is 2. The zero-order valence-electron chi connectivity index (χ0n) is 14.5. The summed E-state index contributed by atoms with van der Waals surface area (Å²) in [5.41, 5.74) is 0. The quantitative estimate of drug-likeness (QED) is 0.376. The third kappa shape index (κ3) is 21.3. The molecule has 0 saturated heterocycles. The molecular formula is C18H32CuN2O2. The van der Waals surface area contributed by atoms with Gasteiger partial charge in [-0.1, -0.05) is 38.2 Å². The molecule has 0 aromatic carbocycles. The minimum atomic E-state index is -0.533. The molecule has 0 aliphatic heterocycles. The molecule has 2 atom stereocenters. The van der Waals surface area contributed by atoms with Crippen molar-refractivity contribution in [3.63, 3.8) is 0 Å². The van der Waals surface area contributed by atoms with Crippen molar-refractivity contribution in [2.45, 2.75) is 26.1 Å². The predicted octanol–water partition coefficient (Wildman–Crippen LogP) is 0.816. The van der Waals surface area contributed by atoms with Gasteiger partial charge in [-0.05, 0) is 13.1 Å². The summed E-state index contributed by atoms with van der Waals surface area (Å²) in [6, 6.07) is 0. The van der Waals surface area contributed by atoms with Crippen LogP contribution < -0.4 is 10.2 Å². The summed E-state index contributed by atoms with van der Waals surface area (Å²) in [5.74, 6) is 0. The van der Waals surface area contributed by atoms with Crippen LogP contribution in [0.25, 0.3) is 0 Å². The third-order valence-corrected chi connectivity index (χ3v) is 2.58. The zero-order valence-corrected chi connectivity index (χ0v) is 15.5. The first-order valence-electron chi connectivity index (χ1n) is 7.61. The van der Waals surface area contributed by atoms with E-state index in [-0.39, 0.29) is 17.1 Å². The van der Waals surface area contributed by atoms with Crippen molar-refractivity contribution in [1.82, 2.24) is 9.80 Å². The topological polar surface area (TPSA) is 52.6 Å². The Labute approximate surface area is 153 Å². The average molecular weight is 372 g/mol. The normalized spacial score (nSPS) is 12.4. The van der Waals surface area contributed by atoms with Crippen molar-refractivity contribution >= 4 is 0 Å². The van der Waals surface area contributed by atoms with Crippen LogP contribution in [0.2, 0.25) is 0 Å². The van der Waals surface area contributed by atoms with Gasteiger partial charge in [0.05, 0.1) is 0 Å².